The van der Waals surface area contributed by atoms with Gasteiger partial charge in [0.05, 0.1) is 10.0 Å². The summed E-state index contributed by atoms with van der Waals surface area (Å²) >= 11 is 11.8. The maximum atomic E-state index is 12.4. The van der Waals surface area contributed by atoms with E-state index in [0.29, 0.717) is 15.6 Å². The lowest BCUT2D eigenvalue weighted by Crippen LogP contribution is -2.20. The number of Topliss-reactive ketones (excluding diaryl/α,β-unsaturated/α-hetero) is 1. The maximum Gasteiger partial charge on any atom is 0.166 e. The predicted molar refractivity (Wildman–Crippen MR) is 77.7 cm³/mol. The Labute approximate surface area is 119 Å². The first-order valence-corrected chi connectivity index (χ1v) is 6.99. The van der Waals surface area contributed by atoms with Crippen molar-refractivity contribution in [1.82, 2.24) is 5.32 Å². The molecule has 0 radical (unpaired) electrons. The number of nitrogens with one attached hydrogen (secondary N) is 1. The van der Waals surface area contributed by atoms with Crippen molar-refractivity contribution in [2.24, 2.45) is 5.92 Å². The van der Waals surface area contributed by atoms with E-state index >= 15 is 0 Å². The molecule has 2 nitrogen and oxygen atoms in total. The fourth-order valence-electron chi connectivity index (χ4n) is 1.96. The minimum Gasteiger partial charge on any atom is -0.320 e. The number of hydrogen-bond donors (Lipinski definition) is 1. The molecule has 0 amide bonds. The Balaban J connectivity index is 2.83. The smallest absolute Gasteiger partial charge is 0.166 e. The van der Waals surface area contributed by atoms with Crippen molar-refractivity contribution < 1.29 is 4.79 Å². The molecule has 1 unspecified atom stereocenters. The molecule has 0 aromatic heterocycles. The van der Waals surface area contributed by atoms with Crippen LogP contribution < -0.4 is 5.32 Å². The van der Waals surface area contributed by atoms with Gasteiger partial charge in [-0.15, -0.1) is 0 Å². The molecule has 0 saturated heterocycles. The van der Waals surface area contributed by atoms with E-state index < -0.39 is 0 Å². The molecule has 1 N–H and O–H groups in total. The normalized spacial score (nSPS) is 12.4. The second-order valence-corrected chi connectivity index (χ2v) is 5.19. The number of rotatable bonds is 7. The molecule has 0 aliphatic heterocycles. The minimum atomic E-state index is 0.0553. The van der Waals surface area contributed by atoms with Gasteiger partial charge in [-0.2, -0.15) is 0 Å². The fraction of sp³-hybridized carbons (Fsp3) is 0.500. The highest BCUT2D eigenvalue weighted by atomic mass is 35.5. The summed E-state index contributed by atoms with van der Waals surface area (Å²) in [5.74, 6) is 0.213. The van der Waals surface area contributed by atoms with Gasteiger partial charge in [-0.3, -0.25) is 4.79 Å². The Hall–Kier alpha value is -0.570. The maximum absolute atomic E-state index is 12.4. The zero-order chi connectivity index (χ0) is 13.5. The number of carbonyl (C=O) groups is 1. The highest BCUT2D eigenvalue weighted by Gasteiger charge is 2.19. The number of hydrogen-bond acceptors (Lipinski definition) is 2. The van der Waals surface area contributed by atoms with Crippen LogP contribution in [0.1, 0.15) is 36.5 Å². The molecule has 0 aliphatic rings. The van der Waals surface area contributed by atoms with E-state index in [2.05, 4.69) is 12.2 Å². The molecule has 1 aromatic carbocycles. The van der Waals surface area contributed by atoms with Gasteiger partial charge in [0, 0.05) is 11.5 Å². The van der Waals surface area contributed by atoms with Crippen LogP contribution in [0.4, 0.5) is 0 Å². The highest BCUT2D eigenvalue weighted by molar-refractivity contribution is 6.42. The van der Waals surface area contributed by atoms with Gasteiger partial charge in [-0.25, -0.2) is 0 Å². The van der Waals surface area contributed by atoms with Gasteiger partial charge in [0.25, 0.3) is 0 Å². The Bertz CT molecular complexity index is 407. The summed E-state index contributed by atoms with van der Waals surface area (Å²) in [6.07, 6.45) is 2.76. The lowest BCUT2D eigenvalue weighted by Gasteiger charge is -2.15. The zero-order valence-electron chi connectivity index (χ0n) is 10.8. The molecule has 0 saturated carbocycles. The molecule has 18 heavy (non-hydrogen) atoms. The fourth-order valence-corrected chi connectivity index (χ4v) is 2.26. The SMILES string of the molecule is CCCC(CCNC)C(=O)c1ccc(Cl)c(Cl)c1. The van der Waals surface area contributed by atoms with Gasteiger partial charge in [-0.1, -0.05) is 36.5 Å². The van der Waals surface area contributed by atoms with Crippen molar-refractivity contribution in [3.05, 3.63) is 33.8 Å². The molecular weight excluding hydrogens is 269 g/mol. The van der Waals surface area contributed by atoms with E-state index in [9.17, 15) is 4.79 Å². The lowest BCUT2D eigenvalue weighted by molar-refractivity contribution is 0.0906. The first-order chi connectivity index (χ1) is 8.60. The lowest BCUT2D eigenvalue weighted by atomic mass is 9.91. The second-order valence-electron chi connectivity index (χ2n) is 4.37. The van der Waals surface area contributed by atoms with Crippen molar-refractivity contribution in [2.75, 3.05) is 13.6 Å². The molecule has 100 valence electrons. The molecule has 1 rings (SSSR count). The van der Waals surface area contributed by atoms with Gasteiger partial charge < -0.3 is 5.32 Å². The van der Waals surface area contributed by atoms with Crippen molar-refractivity contribution >= 4 is 29.0 Å². The van der Waals surface area contributed by atoms with E-state index in [0.717, 1.165) is 25.8 Å². The standard InChI is InChI=1S/C14H19Cl2NO/c1-3-4-10(7-8-17-2)14(18)11-5-6-12(15)13(16)9-11/h5-6,9-10,17H,3-4,7-8H2,1-2H3. The third kappa shape index (κ3) is 4.27. The van der Waals surface area contributed by atoms with Crippen LogP contribution >= 0.6 is 23.2 Å². The molecule has 0 fully saturated rings. The minimum absolute atomic E-state index is 0.0553. The van der Waals surface area contributed by atoms with E-state index in [1.807, 2.05) is 7.05 Å². The molecule has 0 bridgehead atoms. The van der Waals surface area contributed by atoms with Crippen LogP contribution in [0.15, 0.2) is 18.2 Å². The zero-order valence-corrected chi connectivity index (χ0v) is 12.3. The van der Waals surface area contributed by atoms with Crippen LogP contribution in [0.25, 0.3) is 0 Å². The summed E-state index contributed by atoms with van der Waals surface area (Å²) in [4.78, 5) is 12.4. The van der Waals surface area contributed by atoms with Gasteiger partial charge in [0.15, 0.2) is 5.78 Å². The highest BCUT2D eigenvalue weighted by Crippen LogP contribution is 2.25. The summed E-state index contributed by atoms with van der Waals surface area (Å²) in [6.45, 7) is 2.94. The van der Waals surface area contributed by atoms with Crippen LogP contribution in [0.3, 0.4) is 0 Å². The van der Waals surface area contributed by atoms with Crippen LogP contribution in [0, 0.1) is 5.92 Å². The van der Waals surface area contributed by atoms with Crippen LogP contribution in [-0.2, 0) is 0 Å². The molecule has 1 atom stereocenters. The van der Waals surface area contributed by atoms with Crippen LogP contribution in [0.2, 0.25) is 10.0 Å². The summed E-state index contributed by atoms with van der Waals surface area (Å²) in [7, 11) is 1.90. The van der Waals surface area contributed by atoms with E-state index in [4.69, 9.17) is 23.2 Å². The van der Waals surface area contributed by atoms with Crippen molar-refractivity contribution in [3.63, 3.8) is 0 Å². The van der Waals surface area contributed by atoms with Gasteiger partial charge >= 0.3 is 0 Å². The summed E-state index contributed by atoms with van der Waals surface area (Å²) < 4.78 is 0. The monoisotopic (exact) mass is 287 g/mol. The number of carbonyl (C=O) groups excluding carboxylic acids is 1. The Morgan fingerprint density at radius 1 is 1.28 bits per heavy atom. The third-order valence-electron chi connectivity index (χ3n) is 2.95. The number of benzene rings is 1. The Morgan fingerprint density at radius 3 is 2.56 bits per heavy atom. The van der Waals surface area contributed by atoms with Gasteiger partial charge in [0.1, 0.15) is 0 Å². The average Bonchev–Trinajstić information content (AvgIpc) is 2.37. The Morgan fingerprint density at radius 2 is 2.00 bits per heavy atom. The molecule has 0 aliphatic carbocycles. The summed E-state index contributed by atoms with van der Waals surface area (Å²) in [5.41, 5.74) is 0.652. The van der Waals surface area contributed by atoms with Crippen LogP contribution in [0.5, 0.6) is 0 Å². The topological polar surface area (TPSA) is 29.1 Å². The predicted octanol–water partition coefficient (Wildman–Crippen LogP) is 4.20. The van der Waals surface area contributed by atoms with E-state index in [1.165, 1.54) is 0 Å². The number of ketones is 1. The molecular formula is C14H19Cl2NO. The van der Waals surface area contributed by atoms with Crippen molar-refractivity contribution in [3.8, 4) is 0 Å². The number of halogens is 2. The summed E-state index contributed by atoms with van der Waals surface area (Å²) in [5, 5.41) is 4.00. The first-order valence-electron chi connectivity index (χ1n) is 6.24. The quantitative estimate of drug-likeness (QED) is 0.762. The molecule has 0 heterocycles. The first kappa shape index (κ1) is 15.5. The molecule has 4 heteroatoms. The van der Waals surface area contributed by atoms with E-state index in [-0.39, 0.29) is 11.7 Å². The largest absolute Gasteiger partial charge is 0.320 e. The second kappa shape index (κ2) is 7.78. The summed E-state index contributed by atoms with van der Waals surface area (Å²) in [6, 6.07) is 5.09. The van der Waals surface area contributed by atoms with Crippen molar-refractivity contribution in [2.45, 2.75) is 26.2 Å². The molecule has 1 aromatic rings. The van der Waals surface area contributed by atoms with Crippen LogP contribution in [-0.4, -0.2) is 19.4 Å². The van der Waals surface area contributed by atoms with Gasteiger partial charge in [-0.05, 0) is 44.6 Å². The average molecular weight is 288 g/mol. The Kier molecular flexibility index (Phi) is 6.69. The van der Waals surface area contributed by atoms with Crippen molar-refractivity contribution in [1.29, 1.82) is 0 Å². The molecule has 0 spiro atoms. The van der Waals surface area contributed by atoms with E-state index in [1.54, 1.807) is 18.2 Å². The third-order valence-corrected chi connectivity index (χ3v) is 3.69. The van der Waals surface area contributed by atoms with Gasteiger partial charge in [0.2, 0.25) is 0 Å².